The van der Waals surface area contributed by atoms with Gasteiger partial charge in [-0.25, -0.2) is 0 Å². The van der Waals surface area contributed by atoms with Gasteiger partial charge in [0.05, 0.1) is 0 Å². The van der Waals surface area contributed by atoms with E-state index in [4.69, 9.17) is 9.47 Å². The van der Waals surface area contributed by atoms with E-state index in [0.29, 0.717) is 13.2 Å². The van der Waals surface area contributed by atoms with E-state index in [0.717, 1.165) is 46.8 Å². The maximum Gasteiger partial charge on any atom is 0.119 e. The number of hydrogen-bond donors (Lipinski definition) is 1. The van der Waals surface area contributed by atoms with Crippen LogP contribution in [0.3, 0.4) is 0 Å². The second-order valence-corrected chi connectivity index (χ2v) is 8.70. The molecular formula is C25H32N2O3. The molecule has 0 unspecified atom stereocenters. The first-order chi connectivity index (χ1) is 14.8. The second kappa shape index (κ2) is 8.96. The fraction of sp³-hybridized carbons (Fsp3) is 0.520. The predicted octanol–water partition coefficient (Wildman–Crippen LogP) is 3.70. The molecule has 160 valence electrons. The predicted molar refractivity (Wildman–Crippen MR) is 118 cm³/mol. The van der Waals surface area contributed by atoms with Crippen molar-refractivity contribution in [3.05, 3.63) is 47.5 Å². The molecule has 2 aromatic rings. The second-order valence-electron chi connectivity index (χ2n) is 8.70. The SMILES string of the molecule is OC1c2cc(OCCN3CCCC3)ccc2-c2ccc(OCCN3CCCC3)cc21. The van der Waals surface area contributed by atoms with E-state index < -0.39 is 6.10 Å². The molecule has 1 aliphatic carbocycles. The van der Waals surface area contributed by atoms with Crippen LogP contribution in [0.2, 0.25) is 0 Å². The Bertz CT molecular complexity index is 801. The van der Waals surface area contributed by atoms with Gasteiger partial charge in [-0.3, -0.25) is 9.80 Å². The van der Waals surface area contributed by atoms with Crippen LogP contribution in [0.25, 0.3) is 11.1 Å². The van der Waals surface area contributed by atoms with Gasteiger partial charge in [-0.2, -0.15) is 0 Å². The highest BCUT2D eigenvalue weighted by Crippen LogP contribution is 2.45. The summed E-state index contributed by atoms with van der Waals surface area (Å²) in [6, 6.07) is 12.2. The van der Waals surface area contributed by atoms with Crippen LogP contribution in [0.15, 0.2) is 36.4 Å². The Hall–Kier alpha value is -2.08. The maximum atomic E-state index is 11.0. The van der Waals surface area contributed by atoms with Crippen molar-refractivity contribution >= 4 is 0 Å². The number of aliphatic hydroxyl groups is 1. The molecule has 5 rings (SSSR count). The van der Waals surface area contributed by atoms with Gasteiger partial charge in [-0.1, -0.05) is 12.1 Å². The van der Waals surface area contributed by atoms with Crippen LogP contribution in [0.4, 0.5) is 0 Å². The minimum absolute atomic E-state index is 0.626. The summed E-state index contributed by atoms with van der Waals surface area (Å²) in [4.78, 5) is 4.90. The van der Waals surface area contributed by atoms with Crippen molar-refractivity contribution in [3.8, 4) is 22.6 Å². The largest absolute Gasteiger partial charge is 0.492 e. The molecular weight excluding hydrogens is 376 g/mol. The summed E-state index contributed by atoms with van der Waals surface area (Å²) in [7, 11) is 0. The number of ether oxygens (including phenoxy) is 2. The molecule has 1 N–H and O–H groups in total. The van der Waals surface area contributed by atoms with Crippen LogP contribution < -0.4 is 9.47 Å². The van der Waals surface area contributed by atoms with Crippen molar-refractivity contribution in [1.29, 1.82) is 0 Å². The summed E-state index contributed by atoms with van der Waals surface area (Å²) in [5.41, 5.74) is 4.04. The van der Waals surface area contributed by atoms with Gasteiger partial charge >= 0.3 is 0 Å². The summed E-state index contributed by atoms with van der Waals surface area (Å²) in [6.45, 7) is 8.06. The van der Waals surface area contributed by atoms with Crippen LogP contribution in [0.1, 0.15) is 42.9 Å². The van der Waals surface area contributed by atoms with E-state index in [1.54, 1.807) is 0 Å². The number of rotatable bonds is 8. The van der Waals surface area contributed by atoms with Gasteiger partial charge in [0.1, 0.15) is 30.8 Å². The zero-order valence-electron chi connectivity index (χ0n) is 17.7. The highest BCUT2D eigenvalue weighted by atomic mass is 16.5. The molecule has 5 heteroatoms. The Kier molecular flexibility index (Phi) is 5.93. The monoisotopic (exact) mass is 408 g/mol. The number of likely N-dealkylation sites (tertiary alicyclic amines) is 2. The molecule has 5 nitrogen and oxygen atoms in total. The van der Waals surface area contributed by atoms with Crippen molar-refractivity contribution < 1.29 is 14.6 Å². The third kappa shape index (κ3) is 4.20. The van der Waals surface area contributed by atoms with E-state index in [1.807, 2.05) is 24.3 Å². The average Bonchev–Trinajstić information content (AvgIpc) is 3.51. The molecule has 0 aromatic heterocycles. The van der Waals surface area contributed by atoms with Gasteiger partial charge < -0.3 is 14.6 Å². The molecule has 2 aliphatic heterocycles. The zero-order chi connectivity index (χ0) is 20.3. The average molecular weight is 409 g/mol. The van der Waals surface area contributed by atoms with E-state index in [9.17, 15) is 5.11 Å². The fourth-order valence-electron chi connectivity index (χ4n) is 4.97. The molecule has 0 atom stereocenters. The zero-order valence-corrected chi connectivity index (χ0v) is 17.7. The molecule has 2 fully saturated rings. The van der Waals surface area contributed by atoms with Crippen LogP contribution >= 0.6 is 0 Å². The minimum atomic E-state index is -0.626. The third-order valence-electron chi connectivity index (χ3n) is 6.68. The van der Waals surface area contributed by atoms with Gasteiger partial charge in [-0.05, 0) is 98.4 Å². The number of aliphatic hydroxyl groups excluding tert-OH is 1. The third-order valence-corrected chi connectivity index (χ3v) is 6.68. The van der Waals surface area contributed by atoms with Gasteiger partial charge in [0.25, 0.3) is 0 Å². The quantitative estimate of drug-likeness (QED) is 0.722. The van der Waals surface area contributed by atoms with E-state index >= 15 is 0 Å². The number of nitrogens with zero attached hydrogens (tertiary/aromatic N) is 2. The summed E-state index contributed by atoms with van der Waals surface area (Å²) in [5.74, 6) is 1.67. The smallest absolute Gasteiger partial charge is 0.119 e. The van der Waals surface area contributed by atoms with Gasteiger partial charge in [0, 0.05) is 13.1 Å². The lowest BCUT2D eigenvalue weighted by atomic mass is 10.1. The maximum absolute atomic E-state index is 11.0. The first-order valence-corrected chi connectivity index (χ1v) is 11.4. The Morgan fingerprint density at radius 2 is 1.13 bits per heavy atom. The molecule has 2 aromatic carbocycles. The first kappa shape index (κ1) is 19.9. The van der Waals surface area contributed by atoms with Crippen LogP contribution in [-0.2, 0) is 0 Å². The number of hydrogen-bond acceptors (Lipinski definition) is 5. The Labute approximate surface area is 179 Å². The lowest BCUT2D eigenvalue weighted by molar-refractivity contribution is 0.219. The van der Waals surface area contributed by atoms with Crippen molar-refractivity contribution in [2.45, 2.75) is 31.8 Å². The molecule has 0 bridgehead atoms. The van der Waals surface area contributed by atoms with Crippen molar-refractivity contribution in [2.24, 2.45) is 0 Å². The topological polar surface area (TPSA) is 45.2 Å². The highest BCUT2D eigenvalue weighted by Gasteiger charge is 2.28. The molecule has 3 aliphatic rings. The first-order valence-electron chi connectivity index (χ1n) is 11.4. The fourth-order valence-corrected chi connectivity index (χ4v) is 4.97. The number of benzene rings is 2. The summed E-state index contributed by atoms with van der Waals surface area (Å²) in [5, 5.41) is 11.0. The van der Waals surface area contributed by atoms with E-state index in [-0.39, 0.29) is 0 Å². The molecule has 2 saturated heterocycles. The van der Waals surface area contributed by atoms with Crippen LogP contribution in [0, 0.1) is 0 Å². The normalized spacial score (nSPS) is 19.2. The van der Waals surface area contributed by atoms with Crippen LogP contribution in [-0.4, -0.2) is 67.4 Å². The molecule has 0 spiro atoms. The molecule has 2 heterocycles. The van der Waals surface area contributed by atoms with Gasteiger partial charge in [-0.15, -0.1) is 0 Å². The van der Waals surface area contributed by atoms with Crippen molar-refractivity contribution in [3.63, 3.8) is 0 Å². The van der Waals surface area contributed by atoms with E-state index in [2.05, 4.69) is 21.9 Å². The molecule has 30 heavy (non-hydrogen) atoms. The summed E-state index contributed by atoms with van der Waals surface area (Å²) >= 11 is 0. The minimum Gasteiger partial charge on any atom is -0.492 e. The lowest BCUT2D eigenvalue weighted by Crippen LogP contribution is -2.25. The summed E-state index contributed by atoms with van der Waals surface area (Å²) in [6.07, 6.45) is 4.57. The van der Waals surface area contributed by atoms with E-state index in [1.165, 1.54) is 51.9 Å². The molecule has 0 radical (unpaired) electrons. The number of fused-ring (bicyclic) bond motifs is 3. The van der Waals surface area contributed by atoms with Crippen molar-refractivity contribution in [2.75, 3.05) is 52.5 Å². The Morgan fingerprint density at radius 3 is 1.57 bits per heavy atom. The standard InChI is InChI=1S/C25H32N2O3/c28-25-23-17-19(29-15-13-26-9-1-2-10-26)5-7-21(23)22-8-6-20(18-24(22)25)30-16-14-27-11-3-4-12-27/h5-8,17-18,25,28H,1-4,9-16H2. The van der Waals surface area contributed by atoms with Crippen LogP contribution in [0.5, 0.6) is 11.5 Å². The van der Waals surface area contributed by atoms with Gasteiger partial charge in [0.2, 0.25) is 0 Å². The van der Waals surface area contributed by atoms with Crippen molar-refractivity contribution in [1.82, 2.24) is 9.80 Å². The summed E-state index contributed by atoms with van der Waals surface area (Å²) < 4.78 is 12.0. The Morgan fingerprint density at radius 1 is 0.700 bits per heavy atom. The molecule has 0 amide bonds. The lowest BCUT2D eigenvalue weighted by Gasteiger charge is -2.15. The van der Waals surface area contributed by atoms with Gasteiger partial charge in [0.15, 0.2) is 0 Å². The highest BCUT2D eigenvalue weighted by molar-refractivity contribution is 5.79. The Balaban J connectivity index is 1.21. The molecule has 0 saturated carbocycles.